The summed E-state index contributed by atoms with van der Waals surface area (Å²) < 4.78 is 0. The molecular weight excluding hydrogens is 252 g/mol. The Bertz CT molecular complexity index is 732. The first kappa shape index (κ1) is 13.1. The van der Waals surface area contributed by atoms with Crippen LogP contribution >= 0.6 is 0 Å². The predicted molar refractivity (Wildman–Crippen MR) is 89.6 cm³/mol. The highest BCUT2D eigenvalue weighted by Crippen LogP contribution is 2.75. The van der Waals surface area contributed by atoms with Gasteiger partial charge in [0.2, 0.25) is 0 Å². The minimum Gasteiger partial charge on any atom is -0.0619 e. The number of hydrogen-bond acceptors (Lipinski definition) is 0. The molecule has 2 aromatic carbocycles. The van der Waals surface area contributed by atoms with Gasteiger partial charge >= 0.3 is 0 Å². The molecule has 1 spiro atoms. The maximum atomic E-state index is 2.45. The molecule has 21 heavy (non-hydrogen) atoms. The summed E-state index contributed by atoms with van der Waals surface area (Å²) in [7, 11) is 0. The van der Waals surface area contributed by atoms with E-state index in [4.69, 9.17) is 0 Å². The van der Waals surface area contributed by atoms with E-state index in [0.717, 1.165) is 0 Å². The smallest absolute Gasteiger partial charge is 0.0320 e. The summed E-state index contributed by atoms with van der Waals surface area (Å²) in [5.74, 6) is 0. The Balaban J connectivity index is 2.19. The molecule has 2 aliphatic carbocycles. The molecule has 0 aliphatic heterocycles. The van der Waals surface area contributed by atoms with Gasteiger partial charge in [0.15, 0.2) is 0 Å². The van der Waals surface area contributed by atoms with Crippen LogP contribution in [0.15, 0.2) is 42.5 Å². The lowest BCUT2D eigenvalue weighted by Crippen LogP contribution is -2.63. The third-order valence-corrected chi connectivity index (χ3v) is 6.18. The highest BCUT2D eigenvalue weighted by Gasteiger charge is 2.69. The normalized spacial score (nSPS) is 22.5. The van der Waals surface area contributed by atoms with Crippen LogP contribution in [0, 0.1) is 17.8 Å². The van der Waals surface area contributed by atoms with Crippen molar-refractivity contribution in [3.8, 4) is 11.1 Å². The van der Waals surface area contributed by atoms with E-state index in [1.807, 2.05) is 0 Å². The molecule has 0 heteroatoms. The van der Waals surface area contributed by atoms with Crippen molar-refractivity contribution in [1.82, 2.24) is 0 Å². The van der Waals surface area contributed by atoms with Gasteiger partial charge in [0.1, 0.15) is 0 Å². The molecular formula is C21H24. The largest absolute Gasteiger partial charge is 0.0619 e. The zero-order chi connectivity index (χ0) is 15.0. The van der Waals surface area contributed by atoms with Crippen LogP contribution in [-0.2, 0) is 5.41 Å². The molecule has 108 valence electrons. The number of hydrogen-bond donors (Lipinski definition) is 0. The molecule has 1 saturated carbocycles. The minimum absolute atomic E-state index is 0.164. The Morgan fingerprint density at radius 3 is 2.05 bits per heavy atom. The first-order chi connectivity index (χ1) is 9.83. The lowest BCUT2D eigenvalue weighted by atomic mass is 9.35. The van der Waals surface area contributed by atoms with E-state index in [1.165, 1.54) is 23.1 Å². The zero-order valence-corrected chi connectivity index (χ0v) is 13.7. The molecule has 2 aromatic rings. The van der Waals surface area contributed by atoms with Crippen molar-refractivity contribution in [1.29, 1.82) is 0 Å². The standard InChI is InChI=1S/C21H24/c1-14-9-8-11-16-15-10-6-7-12-17(15)21(18(14)16)19(2,3)13-20(21,4)5/h6-12H,13H2,1-5H3. The van der Waals surface area contributed by atoms with Gasteiger partial charge in [-0.3, -0.25) is 0 Å². The molecule has 0 nitrogen and oxygen atoms in total. The number of benzene rings is 2. The van der Waals surface area contributed by atoms with Gasteiger partial charge in [-0.15, -0.1) is 0 Å². The van der Waals surface area contributed by atoms with Crippen LogP contribution in [0.25, 0.3) is 11.1 Å². The van der Waals surface area contributed by atoms with E-state index in [0.29, 0.717) is 10.8 Å². The Labute approximate surface area is 128 Å². The van der Waals surface area contributed by atoms with Gasteiger partial charge in [0.25, 0.3) is 0 Å². The molecule has 0 amide bonds. The van der Waals surface area contributed by atoms with Crippen molar-refractivity contribution in [2.24, 2.45) is 10.8 Å². The molecule has 1 fully saturated rings. The second kappa shape index (κ2) is 3.61. The molecule has 0 N–H and O–H groups in total. The van der Waals surface area contributed by atoms with Gasteiger partial charge < -0.3 is 0 Å². The van der Waals surface area contributed by atoms with E-state index >= 15 is 0 Å². The molecule has 0 atom stereocenters. The Morgan fingerprint density at radius 2 is 1.38 bits per heavy atom. The molecule has 0 unspecified atom stereocenters. The fourth-order valence-corrected chi connectivity index (χ4v) is 6.15. The van der Waals surface area contributed by atoms with Crippen molar-refractivity contribution in [3.63, 3.8) is 0 Å². The molecule has 0 radical (unpaired) electrons. The van der Waals surface area contributed by atoms with Crippen molar-refractivity contribution < 1.29 is 0 Å². The van der Waals surface area contributed by atoms with E-state index < -0.39 is 0 Å². The summed E-state index contributed by atoms with van der Waals surface area (Å²) in [6.07, 6.45) is 1.28. The topological polar surface area (TPSA) is 0 Å². The SMILES string of the molecule is Cc1cccc2c1C1(c3ccccc3-2)C(C)(C)CC1(C)C. The van der Waals surface area contributed by atoms with Gasteiger partial charge in [0, 0.05) is 5.41 Å². The van der Waals surface area contributed by atoms with Crippen molar-refractivity contribution in [2.45, 2.75) is 46.5 Å². The molecule has 0 aromatic heterocycles. The summed E-state index contributed by atoms with van der Waals surface area (Å²) in [6, 6.07) is 15.9. The maximum absolute atomic E-state index is 2.45. The summed E-state index contributed by atoms with van der Waals surface area (Å²) in [6.45, 7) is 12.1. The Hall–Kier alpha value is -1.56. The molecule has 0 bridgehead atoms. The first-order valence-electron chi connectivity index (χ1n) is 8.03. The second-order valence-corrected chi connectivity index (χ2v) is 8.24. The molecule has 0 heterocycles. The van der Waals surface area contributed by atoms with Crippen molar-refractivity contribution >= 4 is 0 Å². The predicted octanol–water partition coefficient (Wildman–Crippen LogP) is 5.72. The van der Waals surface area contributed by atoms with Gasteiger partial charge in [-0.1, -0.05) is 70.2 Å². The fourth-order valence-electron chi connectivity index (χ4n) is 6.15. The van der Waals surface area contributed by atoms with Gasteiger partial charge in [-0.2, -0.15) is 0 Å². The van der Waals surface area contributed by atoms with E-state index in [9.17, 15) is 0 Å². The van der Waals surface area contributed by atoms with Crippen LogP contribution in [0.4, 0.5) is 0 Å². The van der Waals surface area contributed by atoms with Crippen molar-refractivity contribution in [2.75, 3.05) is 0 Å². The maximum Gasteiger partial charge on any atom is 0.0320 e. The molecule has 4 rings (SSSR count). The summed E-state index contributed by atoms with van der Waals surface area (Å²) in [5.41, 5.74) is 8.29. The van der Waals surface area contributed by atoms with Crippen LogP contribution in [0.3, 0.4) is 0 Å². The highest BCUT2D eigenvalue weighted by atomic mass is 14.7. The molecule has 0 saturated heterocycles. The average molecular weight is 276 g/mol. The van der Waals surface area contributed by atoms with Crippen LogP contribution in [0.1, 0.15) is 50.8 Å². The van der Waals surface area contributed by atoms with Crippen LogP contribution in [0.2, 0.25) is 0 Å². The fraction of sp³-hybridized carbons (Fsp3) is 0.429. The van der Waals surface area contributed by atoms with Gasteiger partial charge in [-0.05, 0) is 52.0 Å². The highest BCUT2D eigenvalue weighted by molar-refractivity contribution is 5.84. The van der Waals surface area contributed by atoms with Crippen LogP contribution in [-0.4, -0.2) is 0 Å². The Morgan fingerprint density at radius 1 is 0.762 bits per heavy atom. The Kier molecular flexibility index (Phi) is 2.25. The molecule has 2 aliphatic rings. The van der Waals surface area contributed by atoms with E-state index in [2.05, 4.69) is 77.1 Å². The lowest BCUT2D eigenvalue weighted by molar-refractivity contribution is -0.0861. The minimum atomic E-state index is 0.164. The third kappa shape index (κ3) is 1.24. The number of aryl methyl sites for hydroxylation is 1. The monoisotopic (exact) mass is 276 g/mol. The first-order valence-corrected chi connectivity index (χ1v) is 8.03. The number of fused-ring (bicyclic) bond motifs is 5. The summed E-state index contributed by atoms with van der Waals surface area (Å²) in [5, 5.41) is 0. The number of rotatable bonds is 0. The summed E-state index contributed by atoms with van der Waals surface area (Å²) in [4.78, 5) is 0. The average Bonchev–Trinajstić information content (AvgIpc) is 2.73. The van der Waals surface area contributed by atoms with Gasteiger partial charge in [-0.25, -0.2) is 0 Å². The van der Waals surface area contributed by atoms with Crippen LogP contribution < -0.4 is 0 Å². The van der Waals surface area contributed by atoms with E-state index in [-0.39, 0.29) is 5.41 Å². The third-order valence-electron chi connectivity index (χ3n) is 6.18. The van der Waals surface area contributed by atoms with Crippen LogP contribution in [0.5, 0.6) is 0 Å². The van der Waals surface area contributed by atoms with Gasteiger partial charge in [0.05, 0.1) is 0 Å². The van der Waals surface area contributed by atoms with E-state index in [1.54, 1.807) is 11.1 Å². The lowest BCUT2D eigenvalue weighted by Gasteiger charge is -2.67. The van der Waals surface area contributed by atoms with Crippen molar-refractivity contribution in [3.05, 3.63) is 59.2 Å². The second-order valence-electron chi connectivity index (χ2n) is 8.24. The summed E-state index contributed by atoms with van der Waals surface area (Å²) >= 11 is 0. The zero-order valence-electron chi connectivity index (χ0n) is 13.7. The quantitative estimate of drug-likeness (QED) is 0.577.